The molecule has 0 atom stereocenters. The molecule has 1 rings (SSSR count). The molecular formula is C8H3F2N3O3. The first-order valence-electron chi connectivity index (χ1n) is 3.84. The van der Waals surface area contributed by atoms with Crippen LogP contribution in [0.5, 0.6) is 0 Å². The summed E-state index contributed by atoms with van der Waals surface area (Å²) < 4.78 is 24.9. The second kappa shape index (κ2) is 4.39. The number of hydrogen-bond donors (Lipinski definition) is 0. The van der Waals surface area contributed by atoms with Crippen molar-refractivity contribution in [3.05, 3.63) is 33.1 Å². The molecule has 0 aliphatic rings. The summed E-state index contributed by atoms with van der Waals surface area (Å²) in [6.07, 6.45) is -3.02. The van der Waals surface area contributed by atoms with Gasteiger partial charge in [-0.05, 0) is 6.07 Å². The van der Waals surface area contributed by atoms with Crippen LogP contribution in [-0.2, 0) is 0 Å². The highest BCUT2D eigenvalue weighted by atomic mass is 19.3. The zero-order chi connectivity index (χ0) is 12.3. The summed E-state index contributed by atoms with van der Waals surface area (Å²) in [6, 6.07) is 1.90. The highest BCUT2D eigenvalue weighted by Gasteiger charge is 2.28. The molecule has 1 aromatic heterocycles. The van der Waals surface area contributed by atoms with Gasteiger partial charge in [-0.25, -0.2) is 13.8 Å². The minimum atomic E-state index is -3.16. The molecule has 0 spiro atoms. The van der Waals surface area contributed by atoms with Gasteiger partial charge >= 0.3 is 5.69 Å². The minimum Gasteiger partial charge on any atom is -0.296 e. The SMILES string of the molecule is N#Cc1nc(C=O)cc(C(F)F)c1[N+](=O)[O-]. The van der Waals surface area contributed by atoms with Crippen molar-refractivity contribution in [3.63, 3.8) is 0 Å². The zero-order valence-corrected chi connectivity index (χ0v) is 7.55. The van der Waals surface area contributed by atoms with Crippen LogP contribution in [0, 0.1) is 21.4 Å². The molecule has 0 fully saturated rings. The largest absolute Gasteiger partial charge is 0.314 e. The summed E-state index contributed by atoms with van der Waals surface area (Å²) in [5.74, 6) is 0. The lowest BCUT2D eigenvalue weighted by atomic mass is 10.1. The molecule has 0 aliphatic carbocycles. The molecule has 0 radical (unpaired) electrons. The highest BCUT2D eigenvalue weighted by molar-refractivity contribution is 5.74. The maximum Gasteiger partial charge on any atom is 0.314 e. The quantitative estimate of drug-likeness (QED) is 0.443. The Morgan fingerprint density at radius 3 is 2.62 bits per heavy atom. The molecular weight excluding hydrogens is 224 g/mol. The number of alkyl halides is 2. The number of pyridine rings is 1. The number of nitrogens with zero attached hydrogens (tertiary/aromatic N) is 3. The van der Waals surface area contributed by atoms with E-state index < -0.39 is 34.0 Å². The van der Waals surface area contributed by atoms with Crippen molar-refractivity contribution in [2.45, 2.75) is 6.43 Å². The lowest BCUT2D eigenvalue weighted by Crippen LogP contribution is -2.04. The van der Waals surface area contributed by atoms with E-state index in [1.807, 2.05) is 0 Å². The fourth-order valence-electron chi connectivity index (χ4n) is 1.08. The Balaban J connectivity index is 3.61. The lowest BCUT2D eigenvalue weighted by Gasteiger charge is -2.03. The van der Waals surface area contributed by atoms with Crippen molar-refractivity contribution < 1.29 is 18.5 Å². The second-order valence-corrected chi connectivity index (χ2v) is 2.62. The van der Waals surface area contributed by atoms with Crippen molar-refractivity contribution in [3.8, 4) is 6.07 Å². The van der Waals surface area contributed by atoms with Gasteiger partial charge in [0.25, 0.3) is 6.43 Å². The minimum absolute atomic E-state index is 0.135. The Labute approximate surface area is 87.3 Å². The highest BCUT2D eigenvalue weighted by Crippen LogP contribution is 2.31. The van der Waals surface area contributed by atoms with Crippen molar-refractivity contribution >= 4 is 12.0 Å². The number of hydrogen-bond acceptors (Lipinski definition) is 5. The summed E-state index contributed by atoms with van der Waals surface area (Å²) >= 11 is 0. The normalized spacial score (nSPS) is 9.88. The van der Waals surface area contributed by atoms with Gasteiger partial charge in [0.2, 0.25) is 5.69 Å². The molecule has 0 aromatic carbocycles. The maximum absolute atomic E-state index is 12.5. The first kappa shape index (κ1) is 11.6. The second-order valence-electron chi connectivity index (χ2n) is 2.62. The van der Waals surface area contributed by atoms with Crippen LogP contribution in [0.15, 0.2) is 6.07 Å². The molecule has 0 saturated heterocycles. The Morgan fingerprint density at radius 2 is 2.25 bits per heavy atom. The number of rotatable bonds is 3. The molecule has 82 valence electrons. The molecule has 0 aliphatic heterocycles. The summed E-state index contributed by atoms with van der Waals surface area (Å²) in [7, 11) is 0. The van der Waals surface area contributed by atoms with Gasteiger partial charge in [-0.15, -0.1) is 0 Å². The standard InChI is InChI=1S/C8H3F2N3O3/c9-8(10)5-1-4(3-14)12-6(2-11)7(5)13(15)16/h1,3,8H. The molecule has 0 saturated carbocycles. The van der Waals surface area contributed by atoms with Gasteiger partial charge in [0.15, 0.2) is 6.29 Å². The van der Waals surface area contributed by atoms with Gasteiger partial charge in [-0.1, -0.05) is 0 Å². The first-order valence-corrected chi connectivity index (χ1v) is 3.84. The number of carbonyl (C=O) groups is 1. The van der Waals surface area contributed by atoms with Gasteiger partial charge < -0.3 is 0 Å². The molecule has 1 heterocycles. The van der Waals surface area contributed by atoms with Gasteiger partial charge in [0.05, 0.1) is 4.92 Å². The van der Waals surface area contributed by atoms with E-state index in [1.165, 1.54) is 6.07 Å². The van der Waals surface area contributed by atoms with Crippen LogP contribution < -0.4 is 0 Å². The summed E-state index contributed by atoms with van der Waals surface area (Å²) in [6.45, 7) is 0. The average Bonchev–Trinajstić information content (AvgIpc) is 2.26. The van der Waals surface area contributed by atoms with Gasteiger partial charge in [-0.3, -0.25) is 14.9 Å². The predicted molar refractivity (Wildman–Crippen MR) is 46.0 cm³/mol. The first-order chi connectivity index (χ1) is 7.51. The number of carbonyl (C=O) groups excluding carboxylic acids is 1. The van der Waals surface area contributed by atoms with Crippen LogP contribution in [0.2, 0.25) is 0 Å². The summed E-state index contributed by atoms with van der Waals surface area (Å²) in [5.41, 5.74) is -3.30. The summed E-state index contributed by atoms with van der Waals surface area (Å²) in [4.78, 5) is 23.0. The molecule has 0 N–H and O–H groups in total. The molecule has 0 unspecified atom stereocenters. The van der Waals surface area contributed by atoms with E-state index in [0.717, 1.165) is 0 Å². The third kappa shape index (κ3) is 1.98. The molecule has 16 heavy (non-hydrogen) atoms. The molecule has 6 nitrogen and oxygen atoms in total. The predicted octanol–water partition coefficient (Wildman–Crippen LogP) is 1.61. The van der Waals surface area contributed by atoms with Gasteiger partial charge in [-0.2, -0.15) is 5.26 Å². The lowest BCUT2D eigenvalue weighted by molar-refractivity contribution is -0.386. The van der Waals surface area contributed by atoms with Crippen molar-refractivity contribution in [2.75, 3.05) is 0 Å². The Hall–Kier alpha value is -2.43. The van der Waals surface area contributed by atoms with Crippen LogP contribution in [-0.4, -0.2) is 16.2 Å². The topological polar surface area (TPSA) is 96.9 Å². The summed E-state index contributed by atoms with van der Waals surface area (Å²) in [5, 5.41) is 19.0. The van der Waals surface area contributed by atoms with Crippen molar-refractivity contribution in [1.29, 1.82) is 5.26 Å². The molecule has 8 heteroatoms. The van der Waals surface area contributed by atoms with Crippen molar-refractivity contribution in [1.82, 2.24) is 4.98 Å². The van der Waals surface area contributed by atoms with Crippen LogP contribution in [0.3, 0.4) is 0 Å². The number of nitro groups is 1. The van der Waals surface area contributed by atoms with Crippen LogP contribution >= 0.6 is 0 Å². The number of aromatic nitrogens is 1. The number of halogens is 2. The van der Waals surface area contributed by atoms with E-state index in [9.17, 15) is 23.7 Å². The molecule has 0 bridgehead atoms. The number of aldehydes is 1. The number of nitriles is 1. The third-order valence-electron chi connectivity index (χ3n) is 1.69. The monoisotopic (exact) mass is 227 g/mol. The average molecular weight is 227 g/mol. The van der Waals surface area contributed by atoms with E-state index >= 15 is 0 Å². The molecule has 1 aromatic rings. The van der Waals surface area contributed by atoms with Gasteiger partial charge in [0, 0.05) is 0 Å². The molecule has 0 amide bonds. The smallest absolute Gasteiger partial charge is 0.296 e. The fraction of sp³-hybridized carbons (Fsp3) is 0.125. The van der Waals surface area contributed by atoms with Crippen LogP contribution in [0.1, 0.15) is 28.2 Å². The van der Waals surface area contributed by atoms with E-state index in [-0.39, 0.29) is 6.29 Å². The third-order valence-corrected chi connectivity index (χ3v) is 1.69. The van der Waals surface area contributed by atoms with E-state index in [0.29, 0.717) is 6.07 Å². The van der Waals surface area contributed by atoms with Crippen LogP contribution in [0.25, 0.3) is 0 Å². The Morgan fingerprint density at radius 1 is 1.62 bits per heavy atom. The van der Waals surface area contributed by atoms with E-state index in [4.69, 9.17) is 5.26 Å². The van der Waals surface area contributed by atoms with Gasteiger partial charge in [0.1, 0.15) is 17.3 Å². The Kier molecular flexibility index (Phi) is 3.20. The Bertz CT molecular complexity index is 496. The van der Waals surface area contributed by atoms with E-state index in [2.05, 4.69) is 4.98 Å². The zero-order valence-electron chi connectivity index (χ0n) is 7.55. The fourth-order valence-corrected chi connectivity index (χ4v) is 1.08. The van der Waals surface area contributed by atoms with Crippen molar-refractivity contribution in [2.24, 2.45) is 0 Å². The van der Waals surface area contributed by atoms with Crippen LogP contribution in [0.4, 0.5) is 14.5 Å². The van der Waals surface area contributed by atoms with E-state index in [1.54, 1.807) is 0 Å². The maximum atomic E-state index is 12.5.